The summed E-state index contributed by atoms with van der Waals surface area (Å²) in [5.74, 6) is 1.67. The summed E-state index contributed by atoms with van der Waals surface area (Å²) in [6.45, 7) is 8.23. The first-order valence-electron chi connectivity index (χ1n) is 13.2. The smallest absolute Gasteiger partial charge is 0.226 e. The molecule has 202 valence electrons. The molecule has 7 heteroatoms. The highest BCUT2D eigenvalue weighted by Crippen LogP contribution is 2.35. The van der Waals surface area contributed by atoms with Crippen molar-refractivity contribution in [2.75, 3.05) is 20.3 Å². The largest absolute Gasteiger partial charge is 0.493 e. The Morgan fingerprint density at radius 3 is 2.66 bits per heavy atom. The van der Waals surface area contributed by atoms with Crippen molar-refractivity contribution in [2.24, 2.45) is 0 Å². The van der Waals surface area contributed by atoms with E-state index >= 15 is 0 Å². The fourth-order valence-corrected chi connectivity index (χ4v) is 4.43. The van der Waals surface area contributed by atoms with E-state index in [9.17, 15) is 4.79 Å². The third kappa shape index (κ3) is 7.19. The number of hydrogen-bond donors (Lipinski definition) is 1. The molecule has 1 aromatic heterocycles. The van der Waals surface area contributed by atoms with Crippen LogP contribution in [0.4, 0.5) is 0 Å². The number of hydrogen-bond acceptors (Lipinski definition) is 7. The number of oxazole rings is 1. The number of aryl methyl sites for hydroxylation is 2. The number of allylic oxidation sites excluding steroid dienone is 2. The summed E-state index contributed by atoms with van der Waals surface area (Å²) in [6, 6.07) is 14.3. The number of carbonyl (C=O) groups is 1. The molecule has 3 aromatic rings. The number of aromatic nitrogens is 1. The number of carbonyl (C=O) groups excluding carboxylic acids is 1. The fraction of sp³-hybridized carbons (Fsp3) is 0.419. The van der Waals surface area contributed by atoms with Gasteiger partial charge in [-0.1, -0.05) is 35.9 Å². The Morgan fingerprint density at radius 2 is 1.89 bits per heavy atom. The monoisotopic (exact) mass is 518 g/mol. The molecule has 0 saturated carbocycles. The number of Topliss-reactive ketones (excluding diaryl/α,β-unsaturated/α-hetero) is 1. The summed E-state index contributed by atoms with van der Waals surface area (Å²) in [4.78, 5) is 22.5. The van der Waals surface area contributed by atoms with Crippen LogP contribution < -0.4 is 10.2 Å². The van der Waals surface area contributed by atoms with Gasteiger partial charge in [0.15, 0.2) is 5.79 Å². The highest BCUT2D eigenvalue weighted by atomic mass is 16.8. The van der Waals surface area contributed by atoms with Crippen molar-refractivity contribution in [1.29, 1.82) is 0 Å². The van der Waals surface area contributed by atoms with E-state index in [1.165, 1.54) is 22.3 Å². The summed E-state index contributed by atoms with van der Waals surface area (Å²) in [6.07, 6.45) is 5.88. The summed E-state index contributed by atoms with van der Waals surface area (Å²) >= 11 is 0. The molecule has 0 unspecified atom stereocenters. The Hall–Kier alpha value is -3.26. The molecule has 38 heavy (non-hydrogen) atoms. The molecule has 0 aliphatic heterocycles. The Morgan fingerprint density at radius 1 is 1.11 bits per heavy atom. The van der Waals surface area contributed by atoms with E-state index in [1.54, 1.807) is 21.0 Å². The number of nitrogens with one attached hydrogen (secondary N) is 1. The van der Waals surface area contributed by atoms with Crippen LogP contribution in [0.5, 0.6) is 5.75 Å². The number of rotatable bonds is 13. The maximum atomic E-state index is 12.4. The molecule has 0 atom stereocenters. The number of nitrogens with zero attached hydrogens (tertiary/aromatic N) is 1. The van der Waals surface area contributed by atoms with Gasteiger partial charge in [0.25, 0.3) is 0 Å². The van der Waals surface area contributed by atoms with Gasteiger partial charge in [-0.25, -0.2) is 4.98 Å². The zero-order valence-corrected chi connectivity index (χ0v) is 23.1. The lowest BCUT2D eigenvalue weighted by Crippen LogP contribution is -2.36. The van der Waals surface area contributed by atoms with Crippen molar-refractivity contribution in [3.63, 3.8) is 0 Å². The van der Waals surface area contributed by atoms with Gasteiger partial charge >= 0.3 is 0 Å². The van der Waals surface area contributed by atoms with Crippen LogP contribution >= 0.6 is 0 Å². The van der Waals surface area contributed by atoms with Crippen molar-refractivity contribution < 1.29 is 23.5 Å². The summed E-state index contributed by atoms with van der Waals surface area (Å²) < 4.78 is 17.4. The highest BCUT2D eigenvalue weighted by Gasteiger charge is 2.20. The van der Waals surface area contributed by atoms with Crippen molar-refractivity contribution >= 4 is 11.4 Å². The number of hydroxylamine groups is 1. The molecule has 0 amide bonds. The standard InChI is InChI=1S/C31H38N2O5/c1-21-12-14-24(15-13-21)30-33-28(22(2)37-30)18-19-36-29-11-7-9-26-23(8-6-10-27(26)29)16-17-25(34)20-32-38-31(3,4)35-5/h7-9,11-15,32H,6,10,16-20H2,1-5H3. The molecular weight excluding hydrogens is 480 g/mol. The second kappa shape index (κ2) is 12.5. The van der Waals surface area contributed by atoms with Crippen molar-refractivity contribution in [2.45, 2.75) is 65.6 Å². The van der Waals surface area contributed by atoms with Gasteiger partial charge in [0.05, 0.1) is 18.8 Å². The first-order valence-corrected chi connectivity index (χ1v) is 13.2. The molecule has 4 rings (SSSR count). The number of methoxy groups -OCH3 is 1. The number of benzene rings is 2. The summed E-state index contributed by atoms with van der Waals surface area (Å²) in [5, 5.41) is 0. The normalized spacial score (nSPS) is 13.2. The van der Waals surface area contributed by atoms with E-state index in [-0.39, 0.29) is 12.3 Å². The molecular formula is C31H38N2O5. The molecule has 1 aliphatic rings. The first-order chi connectivity index (χ1) is 18.3. The van der Waals surface area contributed by atoms with Crippen LogP contribution in [-0.4, -0.2) is 36.8 Å². The predicted molar refractivity (Wildman–Crippen MR) is 148 cm³/mol. The van der Waals surface area contributed by atoms with E-state index in [0.29, 0.717) is 31.8 Å². The van der Waals surface area contributed by atoms with Gasteiger partial charge in [-0.05, 0) is 76.3 Å². The minimum Gasteiger partial charge on any atom is -0.493 e. The molecule has 0 spiro atoms. The van der Waals surface area contributed by atoms with Gasteiger partial charge < -0.3 is 13.9 Å². The Kier molecular flexibility index (Phi) is 9.15. The maximum Gasteiger partial charge on any atom is 0.226 e. The lowest BCUT2D eigenvalue weighted by molar-refractivity contribution is -0.231. The lowest BCUT2D eigenvalue weighted by atomic mass is 9.87. The molecule has 1 N–H and O–H groups in total. The van der Waals surface area contributed by atoms with Crippen LogP contribution in [0.2, 0.25) is 0 Å². The zero-order chi connectivity index (χ0) is 27.1. The van der Waals surface area contributed by atoms with Crippen LogP contribution in [0, 0.1) is 13.8 Å². The predicted octanol–water partition coefficient (Wildman–Crippen LogP) is 6.16. The van der Waals surface area contributed by atoms with Gasteiger partial charge in [0.2, 0.25) is 5.89 Å². The van der Waals surface area contributed by atoms with Crippen LogP contribution in [0.1, 0.15) is 61.3 Å². The second-order valence-electron chi connectivity index (χ2n) is 10.1. The van der Waals surface area contributed by atoms with E-state index in [4.69, 9.17) is 23.7 Å². The Bertz CT molecular complexity index is 1270. The first kappa shape index (κ1) is 27.8. The van der Waals surface area contributed by atoms with Gasteiger partial charge in [-0.2, -0.15) is 5.48 Å². The quantitative estimate of drug-likeness (QED) is 0.214. The second-order valence-corrected chi connectivity index (χ2v) is 10.1. The molecule has 0 bridgehead atoms. The number of ether oxygens (including phenoxy) is 2. The van der Waals surface area contributed by atoms with Gasteiger partial charge in [-0.15, -0.1) is 0 Å². The van der Waals surface area contributed by atoms with Gasteiger partial charge in [0, 0.05) is 31.1 Å². The summed E-state index contributed by atoms with van der Waals surface area (Å²) in [7, 11) is 1.56. The zero-order valence-electron chi connectivity index (χ0n) is 23.1. The van der Waals surface area contributed by atoms with Gasteiger partial charge in [0.1, 0.15) is 17.3 Å². The van der Waals surface area contributed by atoms with Crippen molar-refractivity contribution in [1.82, 2.24) is 10.5 Å². The minimum atomic E-state index is -0.780. The summed E-state index contributed by atoms with van der Waals surface area (Å²) in [5.41, 5.74) is 9.38. The highest BCUT2D eigenvalue weighted by molar-refractivity contribution is 5.83. The van der Waals surface area contributed by atoms with Crippen LogP contribution in [-0.2, 0) is 27.2 Å². The van der Waals surface area contributed by atoms with E-state index in [1.807, 2.05) is 31.2 Å². The minimum absolute atomic E-state index is 0.0883. The molecule has 2 aromatic carbocycles. The molecule has 1 aliphatic carbocycles. The molecule has 0 fully saturated rings. The van der Waals surface area contributed by atoms with E-state index in [2.05, 4.69) is 36.7 Å². The molecule has 7 nitrogen and oxygen atoms in total. The van der Waals surface area contributed by atoms with E-state index in [0.717, 1.165) is 35.6 Å². The number of ketones is 1. The SMILES string of the molecule is COC(C)(C)ONCC(=O)CCC1=CCCc2c(OCCc3nc(-c4ccc(C)cc4)oc3C)cccc21. The van der Waals surface area contributed by atoms with Crippen LogP contribution in [0.15, 0.2) is 53.0 Å². The Balaban J connectivity index is 1.32. The van der Waals surface area contributed by atoms with Crippen LogP contribution in [0.25, 0.3) is 17.0 Å². The third-order valence-corrected chi connectivity index (χ3v) is 6.80. The van der Waals surface area contributed by atoms with E-state index < -0.39 is 5.79 Å². The lowest BCUT2D eigenvalue weighted by Gasteiger charge is -2.23. The van der Waals surface area contributed by atoms with Crippen molar-refractivity contribution in [3.8, 4) is 17.2 Å². The van der Waals surface area contributed by atoms with Crippen molar-refractivity contribution in [3.05, 3.63) is 76.7 Å². The average Bonchev–Trinajstić information content (AvgIpc) is 3.28. The molecule has 0 saturated heterocycles. The topological polar surface area (TPSA) is 82.8 Å². The molecule has 0 radical (unpaired) electrons. The van der Waals surface area contributed by atoms with Crippen LogP contribution in [0.3, 0.4) is 0 Å². The fourth-order valence-electron chi connectivity index (χ4n) is 4.43. The molecule has 1 heterocycles. The number of fused-ring (bicyclic) bond motifs is 1. The average molecular weight is 519 g/mol. The third-order valence-electron chi connectivity index (χ3n) is 6.80. The Labute approximate surface area is 225 Å². The maximum absolute atomic E-state index is 12.4. The van der Waals surface area contributed by atoms with Gasteiger partial charge in [-0.3, -0.25) is 9.63 Å².